The Balaban J connectivity index is 1.51. The number of halogens is 2. The van der Waals surface area contributed by atoms with Crippen molar-refractivity contribution >= 4 is 28.4 Å². The average molecular weight is 524 g/mol. The van der Waals surface area contributed by atoms with E-state index in [1.54, 1.807) is 9.58 Å². The van der Waals surface area contributed by atoms with Gasteiger partial charge in [0.15, 0.2) is 5.82 Å². The lowest BCUT2D eigenvalue weighted by Crippen LogP contribution is -2.46. The molecule has 8 nitrogen and oxygen atoms in total. The number of hydrogen-bond donors (Lipinski definition) is 0. The summed E-state index contributed by atoms with van der Waals surface area (Å²) in [7, 11) is 1.84. The Morgan fingerprint density at radius 2 is 2.11 bits per heavy atom. The maximum Gasteiger partial charge on any atom is 0.249 e. The zero-order valence-corrected chi connectivity index (χ0v) is 21.8. The predicted octanol–water partition coefficient (Wildman–Crippen LogP) is 5.02. The van der Waals surface area contributed by atoms with Crippen molar-refractivity contribution in [3.8, 4) is 17.1 Å². The second-order valence-electron chi connectivity index (χ2n) is 9.26. The van der Waals surface area contributed by atoms with Gasteiger partial charge < -0.3 is 14.4 Å². The van der Waals surface area contributed by atoms with Crippen LogP contribution in [0.4, 0.5) is 4.39 Å². The first-order valence-electron chi connectivity index (χ1n) is 12.0. The molecule has 0 spiro atoms. The molecule has 37 heavy (non-hydrogen) atoms. The third kappa shape index (κ3) is 4.89. The third-order valence-corrected chi connectivity index (χ3v) is 6.97. The molecule has 1 fully saturated rings. The monoisotopic (exact) mass is 523 g/mol. The fraction of sp³-hybridized carbons (Fsp3) is 0.333. The molecule has 4 aromatic rings. The molecule has 5 rings (SSSR count). The van der Waals surface area contributed by atoms with Gasteiger partial charge in [0.25, 0.3) is 0 Å². The number of hydrogen-bond acceptors (Lipinski definition) is 6. The highest BCUT2D eigenvalue weighted by Crippen LogP contribution is 2.35. The summed E-state index contributed by atoms with van der Waals surface area (Å²) in [6.45, 7) is 6.15. The molecule has 0 N–H and O–H groups in total. The standard InChI is InChI=1S/C27H27ClFN5O3/c1-15-8-21(27-30-14-31-33(27)4)19-6-5-7-24(26(19)32-15)37-12-22-20(9-18(29)10-23(22)28)17(3)34-11-16(2)36-13-25(34)35/h5-10,14,16-17H,11-13H2,1-4H3/t16-,17-/m0/s1. The highest BCUT2D eigenvalue weighted by Gasteiger charge is 2.30. The van der Waals surface area contributed by atoms with Crippen LogP contribution < -0.4 is 4.74 Å². The quantitative estimate of drug-likeness (QED) is 0.353. The summed E-state index contributed by atoms with van der Waals surface area (Å²) in [5, 5.41) is 5.29. The molecule has 0 saturated carbocycles. The van der Waals surface area contributed by atoms with Crippen molar-refractivity contribution < 1.29 is 18.7 Å². The molecule has 2 aromatic carbocycles. The number of carbonyl (C=O) groups is 1. The van der Waals surface area contributed by atoms with E-state index in [1.165, 1.54) is 18.5 Å². The van der Waals surface area contributed by atoms with E-state index in [0.29, 0.717) is 28.9 Å². The van der Waals surface area contributed by atoms with Gasteiger partial charge in [-0.25, -0.2) is 19.0 Å². The number of nitrogens with zero attached hydrogens (tertiary/aromatic N) is 5. The predicted molar refractivity (Wildman–Crippen MR) is 138 cm³/mol. The molecule has 0 bridgehead atoms. The van der Waals surface area contributed by atoms with Crippen LogP contribution in [0, 0.1) is 12.7 Å². The van der Waals surface area contributed by atoms with E-state index >= 15 is 0 Å². The van der Waals surface area contributed by atoms with Crippen molar-refractivity contribution in [1.82, 2.24) is 24.6 Å². The summed E-state index contributed by atoms with van der Waals surface area (Å²) < 4.78 is 27.9. The van der Waals surface area contributed by atoms with Crippen molar-refractivity contribution in [1.29, 1.82) is 0 Å². The van der Waals surface area contributed by atoms with Crippen LogP contribution in [0.5, 0.6) is 5.75 Å². The molecular formula is C27H27ClFN5O3. The number of benzene rings is 2. The summed E-state index contributed by atoms with van der Waals surface area (Å²) in [5.74, 6) is 0.650. The van der Waals surface area contributed by atoms with Gasteiger partial charge in [-0.2, -0.15) is 5.10 Å². The summed E-state index contributed by atoms with van der Waals surface area (Å²) in [6.07, 6.45) is 1.40. The summed E-state index contributed by atoms with van der Waals surface area (Å²) in [6, 6.07) is 9.91. The lowest BCUT2D eigenvalue weighted by atomic mass is 9.99. The number of morpholine rings is 1. The first-order valence-corrected chi connectivity index (χ1v) is 12.4. The highest BCUT2D eigenvalue weighted by molar-refractivity contribution is 6.31. The van der Waals surface area contributed by atoms with Gasteiger partial charge in [0, 0.05) is 35.8 Å². The molecule has 192 valence electrons. The van der Waals surface area contributed by atoms with E-state index in [2.05, 4.69) is 10.1 Å². The van der Waals surface area contributed by atoms with Gasteiger partial charge in [0.2, 0.25) is 5.91 Å². The highest BCUT2D eigenvalue weighted by atomic mass is 35.5. The Bertz CT molecular complexity index is 1490. The van der Waals surface area contributed by atoms with Crippen LogP contribution in [0.2, 0.25) is 5.02 Å². The van der Waals surface area contributed by atoms with E-state index in [1.807, 2.05) is 52.1 Å². The number of carbonyl (C=O) groups excluding carboxylic acids is 1. The van der Waals surface area contributed by atoms with E-state index in [-0.39, 0.29) is 30.2 Å². The SMILES string of the molecule is Cc1cc(-c2ncnn2C)c2cccc(OCc3c(Cl)cc(F)cc3[C@H](C)N3C[C@H](C)OCC3=O)c2n1. The summed E-state index contributed by atoms with van der Waals surface area (Å²) >= 11 is 6.52. The molecule has 10 heteroatoms. The molecule has 1 saturated heterocycles. The number of fused-ring (bicyclic) bond motifs is 1. The first kappa shape index (κ1) is 25.1. The fourth-order valence-electron chi connectivity index (χ4n) is 4.76. The molecule has 0 aliphatic carbocycles. The Hall–Kier alpha value is -3.56. The number of aryl methyl sites for hydroxylation is 2. The summed E-state index contributed by atoms with van der Waals surface area (Å²) in [5.41, 5.74) is 3.57. The van der Waals surface area contributed by atoms with Gasteiger partial charge in [-0.15, -0.1) is 0 Å². The van der Waals surface area contributed by atoms with Crippen LogP contribution in [0.1, 0.15) is 36.7 Å². The van der Waals surface area contributed by atoms with Crippen molar-refractivity contribution in [2.75, 3.05) is 13.2 Å². The van der Waals surface area contributed by atoms with Crippen LogP contribution in [-0.2, 0) is 23.2 Å². The van der Waals surface area contributed by atoms with E-state index in [4.69, 9.17) is 26.1 Å². The number of pyridine rings is 1. The largest absolute Gasteiger partial charge is 0.487 e. The minimum atomic E-state index is -0.472. The molecule has 1 amide bonds. The van der Waals surface area contributed by atoms with Crippen molar-refractivity contribution in [3.63, 3.8) is 0 Å². The van der Waals surface area contributed by atoms with Gasteiger partial charge in [0.05, 0.1) is 17.2 Å². The zero-order valence-electron chi connectivity index (χ0n) is 21.0. The van der Waals surface area contributed by atoms with Crippen LogP contribution in [0.15, 0.2) is 42.7 Å². The molecule has 0 radical (unpaired) electrons. The Morgan fingerprint density at radius 3 is 2.86 bits per heavy atom. The van der Waals surface area contributed by atoms with Crippen molar-refractivity contribution in [2.24, 2.45) is 7.05 Å². The number of ether oxygens (including phenoxy) is 2. The van der Waals surface area contributed by atoms with Gasteiger partial charge >= 0.3 is 0 Å². The van der Waals surface area contributed by atoms with Crippen LogP contribution >= 0.6 is 11.6 Å². The van der Waals surface area contributed by atoms with Gasteiger partial charge in [-0.05, 0) is 50.6 Å². The average Bonchev–Trinajstić information content (AvgIpc) is 3.29. The van der Waals surface area contributed by atoms with E-state index in [9.17, 15) is 9.18 Å². The minimum absolute atomic E-state index is 0.00470. The van der Waals surface area contributed by atoms with Gasteiger partial charge in [-0.3, -0.25) is 4.79 Å². The third-order valence-electron chi connectivity index (χ3n) is 6.63. The maximum absolute atomic E-state index is 14.5. The molecule has 3 heterocycles. The number of amides is 1. The second kappa shape index (κ2) is 10.1. The smallest absolute Gasteiger partial charge is 0.249 e. The summed E-state index contributed by atoms with van der Waals surface area (Å²) in [4.78, 5) is 23.4. The molecule has 2 aromatic heterocycles. The van der Waals surface area contributed by atoms with E-state index < -0.39 is 11.9 Å². The molecular weight excluding hydrogens is 497 g/mol. The topological polar surface area (TPSA) is 82.4 Å². The van der Waals surface area contributed by atoms with Crippen LogP contribution in [0.3, 0.4) is 0 Å². The van der Waals surface area contributed by atoms with E-state index in [0.717, 1.165) is 22.5 Å². The number of aromatic nitrogens is 4. The molecule has 0 unspecified atom stereocenters. The minimum Gasteiger partial charge on any atom is -0.487 e. The van der Waals surface area contributed by atoms with Crippen LogP contribution in [-0.4, -0.2) is 49.8 Å². The van der Waals surface area contributed by atoms with Gasteiger partial charge in [0.1, 0.15) is 36.6 Å². The second-order valence-corrected chi connectivity index (χ2v) is 9.67. The molecule has 2 atom stereocenters. The van der Waals surface area contributed by atoms with Crippen LogP contribution in [0.25, 0.3) is 22.3 Å². The van der Waals surface area contributed by atoms with Crippen molar-refractivity contribution in [2.45, 2.75) is 39.5 Å². The lowest BCUT2D eigenvalue weighted by Gasteiger charge is -2.36. The van der Waals surface area contributed by atoms with Gasteiger partial charge in [-0.1, -0.05) is 23.7 Å². The molecule has 1 aliphatic rings. The number of para-hydroxylation sites is 1. The number of rotatable bonds is 6. The molecule has 1 aliphatic heterocycles. The first-order chi connectivity index (χ1) is 17.7. The Kier molecular flexibility index (Phi) is 6.83. The maximum atomic E-state index is 14.5. The normalized spacial score (nSPS) is 16.9. The fourth-order valence-corrected chi connectivity index (χ4v) is 5.03. The Labute approximate surface area is 219 Å². The van der Waals surface area contributed by atoms with Crippen molar-refractivity contribution in [3.05, 3.63) is 70.4 Å². The zero-order chi connectivity index (χ0) is 26.3. The Morgan fingerprint density at radius 1 is 1.30 bits per heavy atom. The lowest BCUT2D eigenvalue weighted by molar-refractivity contribution is -0.150.